The van der Waals surface area contributed by atoms with E-state index in [4.69, 9.17) is 4.74 Å². The number of nitrogens with zero attached hydrogens (tertiary/aromatic N) is 1. The first-order chi connectivity index (χ1) is 9.22. The van der Waals surface area contributed by atoms with Crippen molar-refractivity contribution < 1.29 is 9.84 Å². The number of aliphatic hydroxyl groups is 1. The largest absolute Gasteiger partial charge is 0.383 e. The Morgan fingerprint density at radius 3 is 2.79 bits per heavy atom. The molecule has 3 nitrogen and oxygen atoms in total. The fourth-order valence-corrected chi connectivity index (χ4v) is 3.61. The molecule has 1 heterocycles. The van der Waals surface area contributed by atoms with Crippen LogP contribution in [0.4, 0.5) is 0 Å². The van der Waals surface area contributed by atoms with Gasteiger partial charge in [-0.3, -0.25) is 0 Å². The number of ether oxygens (including phenoxy) is 1. The molecule has 0 spiro atoms. The molecule has 1 aliphatic heterocycles. The number of fused-ring (bicyclic) bond motifs is 1. The lowest BCUT2D eigenvalue weighted by atomic mass is 9.61. The Kier molecular flexibility index (Phi) is 3.08. The summed E-state index contributed by atoms with van der Waals surface area (Å²) < 4.78 is 5.53. The Bertz CT molecular complexity index is 514. The van der Waals surface area contributed by atoms with Crippen molar-refractivity contribution in [3.05, 3.63) is 35.4 Å². The quantitative estimate of drug-likeness (QED) is 0.841. The molecule has 0 saturated carbocycles. The van der Waals surface area contributed by atoms with Crippen molar-refractivity contribution >= 4 is 0 Å². The normalized spacial score (nSPS) is 34.3. The first-order valence-corrected chi connectivity index (χ1v) is 7.02. The molecule has 100 valence electrons. The van der Waals surface area contributed by atoms with Gasteiger partial charge in [-0.25, -0.2) is 0 Å². The van der Waals surface area contributed by atoms with Crippen molar-refractivity contribution in [2.24, 2.45) is 5.41 Å². The zero-order valence-electron chi connectivity index (χ0n) is 11.1. The van der Waals surface area contributed by atoms with Gasteiger partial charge >= 0.3 is 0 Å². The molecule has 0 radical (unpaired) electrons. The molecule has 2 unspecified atom stereocenters. The molecule has 3 rings (SSSR count). The predicted octanol–water partition coefficient (Wildman–Crippen LogP) is 2.53. The number of hydrogen-bond donors (Lipinski definition) is 1. The Morgan fingerprint density at radius 2 is 2.05 bits per heavy atom. The lowest BCUT2D eigenvalue weighted by Gasteiger charge is -2.47. The standard InChI is InChI=1S/C16H19NO2/c17-11-15(8-4-10-19-12-15)16(18)9-3-6-13-5-1-2-7-14(13)16/h1-2,5,7,18H,3-4,6,8-10,12H2. The van der Waals surface area contributed by atoms with E-state index in [1.54, 1.807) is 0 Å². The fourth-order valence-electron chi connectivity index (χ4n) is 3.61. The summed E-state index contributed by atoms with van der Waals surface area (Å²) in [6.07, 6.45) is 4.13. The minimum atomic E-state index is -1.06. The molecular weight excluding hydrogens is 238 g/mol. The topological polar surface area (TPSA) is 53.2 Å². The van der Waals surface area contributed by atoms with Crippen LogP contribution in [0.3, 0.4) is 0 Å². The van der Waals surface area contributed by atoms with E-state index in [9.17, 15) is 10.4 Å². The summed E-state index contributed by atoms with van der Waals surface area (Å²) >= 11 is 0. The predicted molar refractivity (Wildman–Crippen MR) is 71.4 cm³/mol. The highest BCUT2D eigenvalue weighted by Gasteiger charge is 2.54. The van der Waals surface area contributed by atoms with Crippen molar-refractivity contribution in [2.45, 2.75) is 37.7 Å². The van der Waals surface area contributed by atoms with Crippen LogP contribution in [-0.4, -0.2) is 18.3 Å². The van der Waals surface area contributed by atoms with E-state index < -0.39 is 11.0 Å². The molecule has 2 aliphatic rings. The third kappa shape index (κ3) is 1.79. The average molecular weight is 257 g/mol. The van der Waals surface area contributed by atoms with Crippen LogP contribution >= 0.6 is 0 Å². The van der Waals surface area contributed by atoms with E-state index in [0.29, 0.717) is 26.1 Å². The highest BCUT2D eigenvalue weighted by Crippen LogP contribution is 2.51. The van der Waals surface area contributed by atoms with Crippen molar-refractivity contribution in [3.8, 4) is 6.07 Å². The lowest BCUT2D eigenvalue weighted by Crippen LogP contribution is -2.51. The van der Waals surface area contributed by atoms with Gasteiger partial charge in [0, 0.05) is 6.61 Å². The highest BCUT2D eigenvalue weighted by atomic mass is 16.5. The van der Waals surface area contributed by atoms with Gasteiger partial charge in [0.05, 0.1) is 12.7 Å². The van der Waals surface area contributed by atoms with E-state index in [-0.39, 0.29) is 0 Å². The average Bonchev–Trinajstić information content (AvgIpc) is 2.48. The highest BCUT2D eigenvalue weighted by molar-refractivity contribution is 5.38. The maximum absolute atomic E-state index is 11.3. The monoisotopic (exact) mass is 257 g/mol. The SMILES string of the molecule is N#CC1(C2(O)CCCc3ccccc32)CCCOC1. The zero-order chi connectivity index (χ0) is 13.3. The van der Waals surface area contributed by atoms with Gasteiger partial charge in [0.1, 0.15) is 11.0 Å². The molecule has 0 amide bonds. The summed E-state index contributed by atoms with van der Waals surface area (Å²) in [5, 5.41) is 21.0. The second-order valence-corrected chi connectivity index (χ2v) is 5.72. The molecule has 1 aliphatic carbocycles. The second-order valence-electron chi connectivity index (χ2n) is 5.72. The molecule has 1 N–H and O–H groups in total. The van der Waals surface area contributed by atoms with E-state index in [1.165, 1.54) is 5.56 Å². The number of rotatable bonds is 1. The Labute approximate surface area is 113 Å². The number of nitriles is 1. The van der Waals surface area contributed by atoms with Crippen molar-refractivity contribution in [1.29, 1.82) is 5.26 Å². The van der Waals surface area contributed by atoms with Gasteiger partial charge in [-0.2, -0.15) is 5.26 Å². The molecule has 2 atom stereocenters. The van der Waals surface area contributed by atoms with Crippen LogP contribution in [0.1, 0.15) is 36.8 Å². The van der Waals surface area contributed by atoms with Gasteiger partial charge in [0.25, 0.3) is 0 Å². The molecular formula is C16H19NO2. The van der Waals surface area contributed by atoms with Crippen molar-refractivity contribution in [3.63, 3.8) is 0 Å². The molecule has 0 bridgehead atoms. The van der Waals surface area contributed by atoms with Crippen LogP contribution in [0.2, 0.25) is 0 Å². The molecule has 19 heavy (non-hydrogen) atoms. The number of benzene rings is 1. The Balaban J connectivity index is 2.10. The van der Waals surface area contributed by atoms with Crippen LogP contribution in [0.5, 0.6) is 0 Å². The number of aryl methyl sites for hydroxylation is 1. The van der Waals surface area contributed by atoms with Crippen LogP contribution < -0.4 is 0 Å². The van der Waals surface area contributed by atoms with E-state index >= 15 is 0 Å². The maximum Gasteiger partial charge on any atom is 0.113 e. The summed E-state index contributed by atoms with van der Waals surface area (Å²) in [6, 6.07) is 10.4. The lowest BCUT2D eigenvalue weighted by molar-refractivity contribution is -0.132. The minimum absolute atomic E-state index is 0.342. The van der Waals surface area contributed by atoms with Gasteiger partial charge in [0.2, 0.25) is 0 Å². The van der Waals surface area contributed by atoms with E-state index in [0.717, 1.165) is 24.8 Å². The summed E-state index contributed by atoms with van der Waals surface area (Å²) in [4.78, 5) is 0. The zero-order valence-corrected chi connectivity index (χ0v) is 11.1. The Morgan fingerprint density at radius 1 is 1.21 bits per heavy atom. The molecule has 1 aromatic carbocycles. The fraction of sp³-hybridized carbons (Fsp3) is 0.562. The van der Waals surface area contributed by atoms with Crippen LogP contribution in [0.25, 0.3) is 0 Å². The van der Waals surface area contributed by atoms with Gasteiger partial charge in [-0.1, -0.05) is 24.3 Å². The summed E-state index contributed by atoms with van der Waals surface area (Å²) in [6.45, 7) is 1.04. The van der Waals surface area contributed by atoms with Gasteiger partial charge < -0.3 is 9.84 Å². The van der Waals surface area contributed by atoms with Gasteiger partial charge in [-0.15, -0.1) is 0 Å². The molecule has 0 aromatic heterocycles. The first-order valence-electron chi connectivity index (χ1n) is 7.02. The Hall–Kier alpha value is -1.37. The molecule has 3 heteroatoms. The summed E-state index contributed by atoms with van der Waals surface area (Å²) in [5.41, 5.74) is 0.267. The third-order valence-corrected chi connectivity index (χ3v) is 4.69. The van der Waals surface area contributed by atoms with Gasteiger partial charge in [-0.05, 0) is 43.2 Å². The molecule has 1 aromatic rings. The maximum atomic E-state index is 11.3. The first kappa shape index (κ1) is 12.7. The third-order valence-electron chi connectivity index (χ3n) is 4.69. The molecule has 1 saturated heterocycles. The van der Waals surface area contributed by atoms with E-state index in [1.807, 2.05) is 18.2 Å². The summed E-state index contributed by atoms with van der Waals surface area (Å²) in [5.74, 6) is 0. The van der Waals surface area contributed by atoms with Gasteiger partial charge in [0.15, 0.2) is 0 Å². The van der Waals surface area contributed by atoms with Crippen molar-refractivity contribution in [2.75, 3.05) is 13.2 Å². The second kappa shape index (κ2) is 4.63. The van der Waals surface area contributed by atoms with Crippen LogP contribution in [0, 0.1) is 16.7 Å². The van der Waals surface area contributed by atoms with Crippen LogP contribution in [0.15, 0.2) is 24.3 Å². The van der Waals surface area contributed by atoms with Crippen LogP contribution in [-0.2, 0) is 16.8 Å². The molecule has 1 fully saturated rings. The van der Waals surface area contributed by atoms with Crippen molar-refractivity contribution in [1.82, 2.24) is 0 Å². The number of hydrogen-bond acceptors (Lipinski definition) is 3. The smallest absolute Gasteiger partial charge is 0.113 e. The summed E-state index contributed by atoms with van der Waals surface area (Å²) in [7, 11) is 0. The minimum Gasteiger partial charge on any atom is -0.383 e. The van der Waals surface area contributed by atoms with E-state index in [2.05, 4.69) is 12.1 Å².